The van der Waals surface area contributed by atoms with Gasteiger partial charge in [0.05, 0.1) is 0 Å². The minimum Gasteiger partial charge on any atom is -0.277 e. The van der Waals surface area contributed by atoms with Crippen molar-refractivity contribution in [2.75, 3.05) is 6.16 Å². The summed E-state index contributed by atoms with van der Waals surface area (Å²) in [5, 5.41) is 4.07. The second kappa shape index (κ2) is 7.79. The van der Waals surface area contributed by atoms with E-state index in [-0.39, 0.29) is 5.92 Å². The Bertz CT molecular complexity index is 1020. The normalized spacial score (nSPS) is 11.9. The Morgan fingerprint density at radius 2 is 1.11 bits per heavy atom. The Labute approximate surface area is 166 Å². The molecule has 0 amide bonds. The molecule has 0 radical (unpaired) electrons. The van der Waals surface area contributed by atoms with Crippen molar-refractivity contribution in [2.45, 2.75) is 13.8 Å². The van der Waals surface area contributed by atoms with Gasteiger partial charge in [0.15, 0.2) is 17.7 Å². The molecule has 4 aromatic rings. The second-order valence-electron chi connectivity index (χ2n) is 7.35. The summed E-state index contributed by atoms with van der Waals surface area (Å²) in [7, 11) is -3.18. The van der Waals surface area contributed by atoms with E-state index in [1.807, 2.05) is 84.9 Å². The molecule has 0 aromatic heterocycles. The lowest BCUT2D eigenvalue weighted by Crippen LogP contribution is -2.15. The molecular weight excluding hydrogens is 367 g/mol. The molecule has 0 heterocycles. The van der Waals surface area contributed by atoms with Crippen LogP contribution in [0.3, 0.4) is 0 Å². The zero-order valence-corrected chi connectivity index (χ0v) is 17.0. The number of benzene rings is 4. The van der Waals surface area contributed by atoms with Crippen LogP contribution in [0, 0.1) is 5.92 Å². The van der Waals surface area contributed by atoms with Crippen LogP contribution >= 0.6 is 7.94 Å². The Morgan fingerprint density at radius 3 is 1.57 bits per heavy atom. The largest absolute Gasteiger partial charge is 0.495 e. The smallest absolute Gasteiger partial charge is 0.277 e. The van der Waals surface area contributed by atoms with Crippen molar-refractivity contribution in [3.63, 3.8) is 0 Å². The van der Waals surface area contributed by atoms with Crippen LogP contribution < -0.4 is 9.05 Å². The van der Waals surface area contributed by atoms with Gasteiger partial charge in [-0.25, -0.2) is 0 Å². The lowest BCUT2D eigenvalue weighted by Gasteiger charge is -2.21. The van der Waals surface area contributed by atoms with Crippen LogP contribution in [0.5, 0.6) is 11.5 Å². The van der Waals surface area contributed by atoms with Gasteiger partial charge in [-0.05, 0) is 28.8 Å². The predicted molar refractivity (Wildman–Crippen MR) is 118 cm³/mol. The molecule has 142 valence electrons. The van der Waals surface area contributed by atoms with Gasteiger partial charge < -0.3 is 0 Å². The summed E-state index contributed by atoms with van der Waals surface area (Å²) < 4.78 is 12.4. The Hall–Kier alpha value is -2.61. The molecule has 0 aliphatic carbocycles. The molecular formula is C24H24O3P+. The standard InChI is InChI=1S/C24H24O3P/c1-18(2)17-28(25,26-23-15-7-11-19-9-3-5-13-21(19)23)27-24-16-8-12-20-10-4-6-14-22(20)24/h3-16,18,25H,17H2,1-2H3/q+1. The molecule has 0 spiro atoms. The van der Waals surface area contributed by atoms with Gasteiger partial charge in [-0.2, -0.15) is 4.89 Å². The van der Waals surface area contributed by atoms with Gasteiger partial charge in [0.2, 0.25) is 0 Å². The first-order valence-electron chi connectivity index (χ1n) is 9.50. The third kappa shape index (κ3) is 3.96. The fraction of sp³-hybridized carbons (Fsp3) is 0.167. The van der Waals surface area contributed by atoms with Crippen LogP contribution in [0.15, 0.2) is 84.9 Å². The maximum absolute atomic E-state index is 11.5. The third-order valence-corrected chi connectivity index (χ3v) is 6.73. The van der Waals surface area contributed by atoms with E-state index in [2.05, 4.69) is 13.8 Å². The Kier molecular flexibility index (Phi) is 5.21. The molecule has 3 nitrogen and oxygen atoms in total. The Morgan fingerprint density at radius 1 is 0.679 bits per heavy atom. The molecule has 0 aliphatic heterocycles. The van der Waals surface area contributed by atoms with Crippen molar-refractivity contribution in [3.05, 3.63) is 84.9 Å². The highest BCUT2D eigenvalue weighted by Crippen LogP contribution is 2.58. The highest BCUT2D eigenvalue weighted by molar-refractivity contribution is 7.61. The fourth-order valence-electron chi connectivity index (χ4n) is 3.41. The molecule has 28 heavy (non-hydrogen) atoms. The Balaban J connectivity index is 1.74. The maximum Gasteiger partial charge on any atom is 0.495 e. The van der Waals surface area contributed by atoms with Crippen LogP contribution in [0.1, 0.15) is 13.8 Å². The van der Waals surface area contributed by atoms with Gasteiger partial charge >= 0.3 is 7.94 Å². The molecule has 0 aliphatic rings. The van der Waals surface area contributed by atoms with E-state index in [1.165, 1.54) is 0 Å². The summed E-state index contributed by atoms with van der Waals surface area (Å²) in [4.78, 5) is 11.5. The minimum absolute atomic E-state index is 0.225. The molecule has 1 N–H and O–H groups in total. The molecule has 0 saturated heterocycles. The lowest BCUT2D eigenvalue weighted by atomic mass is 10.1. The quantitative estimate of drug-likeness (QED) is 0.365. The van der Waals surface area contributed by atoms with E-state index in [0.29, 0.717) is 17.7 Å². The average Bonchev–Trinajstić information content (AvgIpc) is 2.68. The lowest BCUT2D eigenvalue weighted by molar-refractivity contribution is 0.342. The summed E-state index contributed by atoms with van der Waals surface area (Å²) in [6.45, 7) is 4.12. The zero-order valence-electron chi connectivity index (χ0n) is 16.1. The fourth-order valence-corrected chi connectivity index (χ4v) is 5.45. The van der Waals surface area contributed by atoms with E-state index in [4.69, 9.17) is 9.05 Å². The highest BCUT2D eigenvalue weighted by Gasteiger charge is 2.45. The zero-order chi connectivity index (χ0) is 19.6. The summed E-state index contributed by atoms with van der Waals surface area (Å²) in [6, 6.07) is 27.7. The van der Waals surface area contributed by atoms with E-state index < -0.39 is 7.94 Å². The molecule has 0 unspecified atom stereocenters. The number of rotatable bonds is 6. The van der Waals surface area contributed by atoms with E-state index in [9.17, 15) is 4.89 Å². The summed E-state index contributed by atoms with van der Waals surface area (Å²) in [6.07, 6.45) is 0.444. The van der Waals surface area contributed by atoms with Crippen molar-refractivity contribution < 1.29 is 13.9 Å². The maximum atomic E-state index is 11.5. The van der Waals surface area contributed by atoms with Gasteiger partial charge in [-0.15, -0.1) is 0 Å². The summed E-state index contributed by atoms with van der Waals surface area (Å²) in [5.41, 5.74) is 0. The molecule has 0 fully saturated rings. The monoisotopic (exact) mass is 391 g/mol. The molecule has 0 atom stereocenters. The topological polar surface area (TPSA) is 38.7 Å². The van der Waals surface area contributed by atoms with Crippen molar-refractivity contribution in [2.24, 2.45) is 5.92 Å². The molecule has 0 saturated carbocycles. The second-order valence-corrected chi connectivity index (χ2v) is 9.36. The molecule has 4 heteroatoms. The first-order valence-corrected chi connectivity index (χ1v) is 11.3. The number of hydrogen-bond acceptors (Lipinski definition) is 3. The van der Waals surface area contributed by atoms with Gasteiger partial charge in [0.25, 0.3) is 0 Å². The van der Waals surface area contributed by atoms with E-state index >= 15 is 0 Å². The summed E-state index contributed by atoms with van der Waals surface area (Å²) >= 11 is 0. The molecule has 4 aromatic carbocycles. The van der Waals surface area contributed by atoms with Crippen molar-refractivity contribution in [1.82, 2.24) is 0 Å². The summed E-state index contributed by atoms with van der Waals surface area (Å²) in [5.74, 6) is 1.52. The number of fused-ring (bicyclic) bond motifs is 2. The first kappa shape index (κ1) is 18.7. The van der Waals surface area contributed by atoms with Gasteiger partial charge in [-0.3, -0.25) is 9.05 Å². The highest BCUT2D eigenvalue weighted by atomic mass is 31.2. The molecule has 0 bridgehead atoms. The average molecular weight is 391 g/mol. The predicted octanol–water partition coefficient (Wildman–Crippen LogP) is 6.86. The van der Waals surface area contributed by atoms with Crippen LogP contribution in [0.2, 0.25) is 0 Å². The number of hydrogen-bond donors (Lipinski definition) is 1. The van der Waals surface area contributed by atoms with E-state index in [0.717, 1.165) is 21.5 Å². The van der Waals surface area contributed by atoms with Crippen LogP contribution in [0.25, 0.3) is 21.5 Å². The van der Waals surface area contributed by atoms with Gasteiger partial charge in [0, 0.05) is 10.8 Å². The SMILES string of the molecule is CC(C)C[P+](O)(Oc1cccc2ccccc12)Oc1cccc2ccccc12. The van der Waals surface area contributed by atoms with Crippen molar-refractivity contribution in [3.8, 4) is 11.5 Å². The van der Waals surface area contributed by atoms with Crippen LogP contribution in [-0.4, -0.2) is 11.1 Å². The van der Waals surface area contributed by atoms with Crippen LogP contribution in [-0.2, 0) is 0 Å². The van der Waals surface area contributed by atoms with E-state index in [1.54, 1.807) is 0 Å². The van der Waals surface area contributed by atoms with Crippen molar-refractivity contribution >= 4 is 29.5 Å². The third-order valence-electron chi connectivity index (χ3n) is 4.58. The van der Waals surface area contributed by atoms with Gasteiger partial charge in [-0.1, -0.05) is 86.6 Å². The van der Waals surface area contributed by atoms with Crippen LogP contribution in [0.4, 0.5) is 0 Å². The molecule has 4 rings (SSSR count). The van der Waals surface area contributed by atoms with Gasteiger partial charge in [0.1, 0.15) is 0 Å². The first-order chi connectivity index (χ1) is 13.5. The van der Waals surface area contributed by atoms with Crippen molar-refractivity contribution in [1.29, 1.82) is 0 Å². The minimum atomic E-state index is -3.18.